The van der Waals surface area contributed by atoms with Crippen LogP contribution in [0.3, 0.4) is 0 Å². The Labute approximate surface area is 207 Å². The van der Waals surface area contributed by atoms with Crippen LogP contribution in [0, 0.1) is 0 Å². The van der Waals surface area contributed by atoms with Gasteiger partial charge in [0.25, 0.3) is 0 Å². The summed E-state index contributed by atoms with van der Waals surface area (Å²) in [6.07, 6.45) is 6.43. The van der Waals surface area contributed by atoms with Gasteiger partial charge in [0.15, 0.2) is 0 Å². The normalized spacial score (nSPS) is 11.1. The molecular formula is C29H33N5O. The maximum absolute atomic E-state index is 6.05. The van der Waals surface area contributed by atoms with E-state index in [0.29, 0.717) is 12.5 Å². The minimum Gasteiger partial charge on any atom is -0.477 e. The second-order valence-corrected chi connectivity index (χ2v) is 8.43. The summed E-state index contributed by atoms with van der Waals surface area (Å²) in [4.78, 5) is 11.4. The molecule has 4 aromatic rings. The number of hydrogen-bond donors (Lipinski definition) is 1. The largest absolute Gasteiger partial charge is 0.477 e. The van der Waals surface area contributed by atoms with Gasteiger partial charge in [0.1, 0.15) is 0 Å². The fourth-order valence-electron chi connectivity index (χ4n) is 3.98. The van der Waals surface area contributed by atoms with Crippen LogP contribution in [0.2, 0.25) is 0 Å². The van der Waals surface area contributed by atoms with Crippen molar-refractivity contribution in [1.82, 2.24) is 9.97 Å². The third kappa shape index (κ3) is 7.03. The molecule has 0 aliphatic heterocycles. The van der Waals surface area contributed by atoms with Gasteiger partial charge < -0.3 is 9.64 Å². The molecule has 6 nitrogen and oxygen atoms in total. The first-order valence-corrected chi connectivity index (χ1v) is 12.3. The smallest absolute Gasteiger partial charge is 0.215 e. The lowest BCUT2D eigenvalue weighted by molar-refractivity contribution is 0.308. The Bertz CT molecular complexity index is 1240. The number of ether oxygens (including phenoxy) is 1. The average Bonchev–Trinajstić information content (AvgIpc) is 2.89. The number of hydrogen-bond acceptors (Lipinski definition) is 6. The summed E-state index contributed by atoms with van der Waals surface area (Å²) in [7, 11) is 0. The number of hydrazone groups is 1. The summed E-state index contributed by atoms with van der Waals surface area (Å²) in [6.45, 7) is 6.88. The van der Waals surface area contributed by atoms with Crippen LogP contribution in [-0.2, 0) is 6.42 Å². The Morgan fingerprint density at radius 2 is 1.71 bits per heavy atom. The Hall–Kier alpha value is -3.93. The fourth-order valence-corrected chi connectivity index (χ4v) is 3.98. The maximum Gasteiger partial charge on any atom is 0.215 e. The summed E-state index contributed by atoms with van der Waals surface area (Å²) in [5.41, 5.74) is 6.92. The van der Waals surface area contributed by atoms with Crippen LogP contribution in [-0.4, -0.2) is 35.9 Å². The van der Waals surface area contributed by atoms with Crippen LogP contribution < -0.4 is 15.1 Å². The van der Waals surface area contributed by atoms with Crippen LogP contribution in [0.15, 0.2) is 84.1 Å². The van der Waals surface area contributed by atoms with Gasteiger partial charge in [-0.2, -0.15) is 5.10 Å². The Kier molecular flexibility index (Phi) is 8.65. The highest BCUT2D eigenvalue weighted by molar-refractivity contribution is 5.86. The standard InChI is InChI=1S/C29H33N5O/c1-3-16-34(17-4-2)28-20-27(32-29(21-28)35-18-14-25-11-7-8-15-30-25)22-31-33-26-13-12-23-9-5-6-10-24(23)19-26/h5-13,15,19-22,33H,3-4,14,16-18H2,1-2H3/b31-22+. The molecule has 0 aliphatic carbocycles. The van der Waals surface area contributed by atoms with Crippen molar-refractivity contribution in [2.75, 3.05) is 30.0 Å². The van der Waals surface area contributed by atoms with Crippen molar-refractivity contribution in [1.29, 1.82) is 0 Å². The Morgan fingerprint density at radius 3 is 2.49 bits per heavy atom. The third-order valence-corrected chi connectivity index (χ3v) is 5.63. The van der Waals surface area contributed by atoms with Crippen molar-refractivity contribution < 1.29 is 4.74 Å². The number of benzene rings is 2. The zero-order chi connectivity index (χ0) is 24.3. The first-order chi connectivity index (χ1) is 17.2. The van der Waals surface area contributed by atoms with Crippen molar-refractivity contribution in [2.24, 2.45) is 5.10 Å². The number of aromatic nitrogens is 2. The van der Waals surface area contributed by atoms with Crippen LogP contribution in [0.5, 0.6) is 5.88 Å². The zero-order valence-corrected chi connectivity index (χ0v) is 20.5. The molecular weight excluding hydrogens is 434 g/mol. The predicted octanol–water partition coefficient (Wildman–Crippen LogP) is 6.32. The molecule has 0 saturated carbocycles. The molecule has 6 heteroatoms. The molecule has 1 N–H and O–H groups in total. The molecule has 2 aromatic carbocycles. The van der Waals surface area contributed by atoms with E-state index in [4.69, 9.17) is 4.74 Å². The Balaban J connectivity index is 1.51. The highest BCUT2D eigenvalue weighted by atomic mass is 16.5. The lowest BCUT2D eigenvalue weighted by Gasteiger charge is -2.24. The van der Waals surface area contributed by atoms with Gasteiger partial charge in [-0.25, -0.2) is 4.98 Å². The molecule has 0 amide bonds. The highest BCUT2D eigenvalue weighted by Gasteiger charge is 2.10. The maximum atomic E-state index is 6.05. The van der Waals surface area contributed by atoms with Crippen molar-refractivity contribution in [2.45, 2.75) is 33.1 Å². The molecule has 0 saturated heterocycles. The first kappa shape index (κ1) is 24.2. The number of fused-ring (bicyclic) bond motifs is 1. The van der Waals surface area contributed by atoms with Gasteiger partial charge >= 0.3 is 0 Å². The molecule has 0 spiro atoms. The number of nitrogens with zero attached hydrogens (tertiary/aromatic N) is 4. The molecule has 4 rings (SSSR count). The molecule has 2 aromatic heterocycles. The Morgan fingerprint density at radius 1 is 0.914 bits per heavy atom. The number of rotatable bonds is 12. The lowest BCUT2D eigenvalue weighted by Crippen LogP contribution is -2.25. The van der Waals surface area contributed by atoms with Crippen molar-refractivity contribution in [3.63, 3.8) is 0 Å². The molecule has 0 radical (unpaired) electrons. The van der Waals surface area contributed by atoms with Gasteiger partial charge in [-0.1, -0.05) is 50.2 Å². The monoisotopic (exact) mass is 467 g/mol. The van der Waals surface area contributed by atoms with E-state index in [1.165, 1.54) is 10.8 Å². The topological polar surface area (TPSA) is 62.6 Å². The van der Waals surface area contributed by atoms with Gasteiger partial charge in [-0.05, 0) is 53.9 Å². The SMILES string of the molecule is CCCN(CCC)c1cc(/C=N/Nc2ccc3ccccc3c2)nc(OCCc2ccccn2)c1. The van der Waals surface area contributed by atoms with E-state index in [-0.39, 0.29) is 0 Å². The molecule has 0 bridgehead atoms. The highest BCUT2D eigenvalue weighted by Crippen LogP contribution is 2.22. The summed E-state index contributed by atoms with van der Waals surface area (Å²) in [5, 5.41) is 6.84. The molecule has 0 unspecified atom stereocenters. The van der Waals surface area contributed by atoms with E-state index in [9.17, 15) is 0 Å². The average molecular weight is 468 g/mol. The van der Waals surface area contributed by atoms with Crippen molar-refractivity contribution in [3.05, 3.63) is 90.4 Å². The van der Waals surface area contributed by atoms with Crippen molar-refractivity contribution >= 4 is 28.4 Å². The quantitative estimate of drug-likeness (QED) is 0.195. The number of anilines is 2. The summed E-state index contributed by atoms with van der Waals surface area (Å²) < 4.78 is 6.05. The van der Waals surface area contributed by atoms with Crippen LogP contribution in [0.4, 0.5) is 11.4 Å². The van der Waals surface area contributed by atoms with E-state index < -0.39 is 0 Å². The minimum atomic E-state index is 0.515. The van der Waals surface area contributed by atoms with E-state index in [1.807, 2.05) is 42.5 Å². The molecule has 35 heavy (non-hydrogen) atoms. The van der Waals surface area contributed by atoms with E-state index in [1.54, 1.807) is 12.4 Å². The molecule has 2 heterocycles. The molecule has 180 valence electrons. The summed E-state index contributed by atoms with van der Waals surface area (Å²) >= 11 is 0. The summed E-state index contributed by atoms with van der Waals surface area (Å²) in [6, 6.07) is 24.5. The van der Waals surface area contributed by atoms with E-state index >= 15 is 0 Å². The molecule has 0 aliphatic rings. The third-order valence-electron chi connectivity index (χ3n) is 5.63. The van der Waals surface area contributed by atoms with Gasteiger partial charge in [0.05, 0.1) is 24.2 Å². The number of pyridine rings is 2. The van der Waals surface area contributed by atoms with Gasteiger partial charge in [-0.15, -0.1) is 0 Å². The van der Waals surface area contributed by atoms with Crippen LogP contribution >= 0.6 is 0 Å². The van der Waals surface area contributed by atoms with Gasteiger partial charge in [-0.3, -0.25) is 10.4 Å². The second-order valence-electron chi connectivity index (χ2n) is 8.43. The second kappa shape index (κ2) is 12.5. The molecule has 0 fully saturated rings. The van der Waals surface area contributed by atoms with Crippen LogP contribution in [0.25, 0.3) is 10.8 Å². The van der Waals surface area contributed by atoms with Crippen molar-refractivity contribution in [3.8, 4) is 5.88 Å². The van der Waals surface area contributed by atoms with Gasteiger partial charge in [0.2, 0.25) is 5.88 Å². The van der Waals surface area contributed by atoms with Gasteiger partial charge in [0, 0.05) is 43.2 Å². The predicted molar refractivity (Wildman–Crippen MR) is 146 cm³/mol. The zero-order valence-electron chi connectivity index (χ0n) is 20.5. The molecule has 0 atom stereocenters. The van der Waals surface area contributed by atoms with Crippen LogP contribution in [0.1, 0.15) is 38.1 Å². The first-order valence-electron chi connectivity index (χ1n) is 12.3. The lowest BCUT2D eigenvalue weighted by atomic mass is 10.1. The minimum absolute atomic E-state index is 0.515. The van der Waals surface area contributed by atoms with E-state index in [0.717, 1.165) is 55.1 Å². The fraction of sp³-hybridized carbons (Fsp3) is 0.276. The number of nitrogens with one attached hydrogen (secondary N) is 1. The summed E-state index contributed by atoms with van der Waals surface area (Å²) in [5.74, 6) is 0.600. The van der Waals surface area contributed by atoms with E-state index in [2.05, 4.69) is 69.6 Å².